The number of amides is 3. The van der Waals surface area contributed by atoms with Gasteiger partial charge in [-0.2, -0.15) is 0 Å². The lowest BCUT2D eigenvalue weighted by atomic mass is 9.96. The molecule has 6 heteroatoms. The highest BCUT2D eigenvalue weighted by Gasteiger charge is 2.26. The molecule has 0 atom stereocenters. The van der Waals surface area contributed by atoms with Crippen LogP contribution in [0, 0.1) is 3.57 Å². The summed E-state index contributed by atoms with van der Waals surface area (Å²) >= 11 is 2.23. The molecule has 1 heterocycles. The molecule has 0 spiro atoms. The first-order valence-corrected chi connectivity index (χ1v) is 9.81. The Morgan fingerprint density at radius 2 is 1.50 bits per heavy atom. The van der Waals surface area contributed by atoms with Crippen molar-refractivity contribution < 1.29 is 9.59 Å². The number of urea groups is 1. The summed E-state index contributed by atoms with van der Waals surface area (Å²) in [6.07, 6.45) is 5.90. The molecule has 2 aliphatic rings. The van der Waals surface area contributed by atoms with E-state index in [2.05, 4.69) is 27.9 Å². The Morgan fingerprint density at radius 3 is 2.12 bits per heavy atom. The zero-order valence-corrected chi connectivity index (χ0v) is 16.0. The SMILES string of the molecule is O=C(NC1CCCCC1)N1CCN(C(=O)c2ccc(I)cc2)CC1. The molecule has 1 N–H and O–H groups in total. The number of piperazine rings is 1. The van der Waals surface area contributed by atoms with Gasteiger partial charge in [-0.3, -0.25) is 4.79 Å². The van der Waals surface area contributed by atoms with Gasteiger partial charge in [-0.15, -0.1) is 0 Å². The van der Waals surface area contributed by atoms with Crippen molar-refractivity contribution >= 4 is 34.5 Å². The maximum atomic E-state index is 12.5. The number of rotatable bonds is 2. The fourth-order valence-electron chi connectivity index (χ4n) is 3.40. The van der Waals surface area contributed by atoms with Crippen LogP contribution in [0.25, 0.3) is 0 Å². The van der Waals surface area contributed by atoms with Gasteiger partial charge in [-0.25, -0.2) is 4.79 Å². The van der Waals surface area contributed by atoms with Gasteiger partial charge in [0.2, 0.25) is 0 Å². The fourth-order valence-corrected chi connectivity index (χ4v) is 3.76. The third-order valence-electron chi connectivity index (χ3n) is 4.88. The Labute approximate surface area is 156 Å². The van der Waals surface area contributed by atoms with E-state index in [9.17, 15) is 9.59 Å². The smallest absolute Gasteiger partial charge is 0.317 e. The second-order valence-corrected chi connectivity index (χ2v) is 7.82. The molecule has 1 saturated heterocycles. The molecule has 130 valence electrons. The summed E-state index contributed by atoms with van der Waals surface area (Å²) in [4.78, 5) is 28.5. The van der Waals surface area contributed by atoms with Crippen molar-refractivity contribution in [2.75, 3.05) is 26.2 Å². The lowest BCUT2D eigenvalue weighted by molar-refractivity contribution is 0.0662. The van der Waals surface area contributed by atoms with Crippen LogP contribution in [0.1, 0.15) is 42.5 Å². The summed E-state index contributed by atoms with van der Waals surface area (Å²) in [5.41, 5.74) is 0.718. The van der Waals surface area contributed by atoms with Crippen LogP contribution in [0.3, 0.4) is 0 Å². The molecule has 1 aromatic rings. The van der Waals surface area contributed by atoms with E-state index in [0.717, 1.165) is 22.0 Å². The number of hydrogen-bond acceptors (Lipinski definition) is 2. The number of halogens is 1. The number of hydrogen-bond donors (Lipinski definition) is 1. The van der Waals surface area contributed by atoms with E-state index in [1.807, 2.05) is 34.1 Å². The van der Waals surface area contributed by atoms with Gasteiger partial charge in [0.05, 0.1) is 0 Å². The standard InChI is InChI=1S/C18H24IN3O2/c19-15-8-6-14(7-9-15)17(23)21-10-12-22(13-11-21)18(24)20-16-4-2-1-3-5-16/h6-9,16H,1-5,10-13H2,(H,20,24). The van der Waals surface area contributed by atoms with Crippen LogP contribution in [0.15, 0.2) is 24.3 Å². The lowest BCUT2D eigenvalue weighted by Gasteiger charge is -2.36. The van der Waals surface area contributed by atoms with Gasteiger partial charge >= 0.3 is 6.03 Å². The summed E-state index contributed by atoms with van der Waals surface area (Å²) in [6, 6.07) is 7.99. The van der Waals surface area contributed by atoms with E-state index >= 15 is 0 Å². The van der Waals surface area contributed by atoms with Crippen molar-refractivity contribution in [1.29, 1.82) is 0 Å². The van der Waals surface area contributed by atoms with Gasteiger partial charge in [0.15, 0.2) is 0 Å². The van der Waals surface area contributed by atoms with Crippen molar-refractivity contribution in [3.05, 3.63) is 33.4 Å². The predicted molar refractivity (Wildman–Crippen MR) is 102 cm³/mol. The quantitative estimate of drug-likeness (QED) is 0.718. The Morgan fingerprint density at radius 1 is 0.917 bits per heavy atom. The minimum absolute atomic E-state index is 0.0308. The molecule has 3 rings (SSSR count). The van der Waals surface area contributed by atoms with Gasteiger partial charge in [-0.1, -0.05) is 19.3 Å². The predicted octanol–water partition coefficient (Wildman–Crippen LogP) is 3.09. The van der Waals surface area contributed by atoms with Gasteiger partial charge in [-0.05, 0) is 59.7 Å². The largest absolute Gasteiger partial charge is 0.335 e. The third kappa shape index (κ3) is 4.40. The van der Waals surface area contributed by atoms with Crippen molar-refractivity contribution in [2.24, 2.45) is 0 Å². The first-order chi connectivity index (χ1) is 11.6. The Hall–Kier alpha value is -1.31. The fraction of sp³-hybridized carbons (Fsp3) is 0.556. The highest BCUT2D eigenvalue weighted by atomic mass is 127. The molecule has 1 aromatic carbocycles. The van der Waals surface area contributed by atoms with Crippen molar-refractivity contribution in [3.63, 3.8) is 0 Å². The van der Waals surface area contributed by atoms with Crippen LogP contribution in [-0.2, 0) is 0 Å². The third-order valence-corrected chi connectivity index (χ3v) is 5.60. The zero-order valence-electron chi connectivity index (χ0n) is 13.8. The minimum Gasteiger partial charge on any atom is -0.335 e. The molecular formula is C18H24IN3O2. The van der Waals surface area contributed by atoms with Gasteiger partial charge in [0, 0.05) is 41.4 Å². The topological polar surface area (TPSA) is 52.7 Å². The number of carbonyl (C=O) groups is 2. The Kier molecular flexibility index (Phi) is 5.97. The van der Waals surface area contributed by atoms with Crippen LogP contribution in [-0.4, -0.2) is 54.0 Å². The van der Waals surface area contributed by atoms with E-state index in [-0.39, 0.29) is 11.9 Å². The molecule has 1 aliphatic carbocycles. The Balaban J connectivity index is 1.48. The number of nitrogens with one attached hydrogen (secondary N) is 1. The molecule has 1 saturated carbocycles. The molecule has 3 amide bonds. The summed E-state index contributed by atoms with van der Waals surface area (Å²) < 4.78 is 1.12. The second-order valence-electron chi connectivity index (χ2n) is 6.57. The van der Waals surface area contributed by atoms with Gasteiger partial charge in [0.1, 0.15) is 0 Å². The summed E-state index contributed by atoms with van der Waals surface area (Å²) in [5.74, 6) is 0.0544. The molecule has 0 radical (unpaired) electrons. The maximum Gasteiger partial charge on any atom is 0.317 e. The monoisotopic (exact) mass is 441 g/mol. The van der Waals surface area contributed by atoms with E-state index < -0.39 is 0 Å². The number of benzene rings is 1. The average molecular weight is 441 g/mol. The van der Waals surface area contributed by atoms with E-state index in [4.69, 9.17) is 0 Å². The van der Waals surface area contributed by atoms with Crippen molar-refractivity contribution in [1.82, 2.24) is 15.1 Å². The summed E-state index contributed by atoms with van der Waals surface area (Å²) in [6.45, 7) is 2.41. The van der Waals surface area contributed by atoms with Crippen molar-refractivity contribution in [2.45, 2.75) is 38.1 Å². The van der Waals surface area contributed by atoms with Crippen LogP contribution in [0.4, 0.5) is 4.79 Å². The molecule has 2 fully saturated rings. The van der Waals surface area contributed by atoms with Gasteiger partial charge < -0.3 is 15.1 Å². The van der Waals surface area contributed by atoms with Crippen molar-refractivity contribution in [3.8, 4) is 0 Å². The number of carbonyl (C=O) groups excluding carboxylic acids is 2. The second kappa shape index (κ2) is 8.18. The molecule has 0 bridgehead atoms. The highest BCUT2D eigenvalue weighted by Crippen LogP contribution is 2.18. The van der Waals surface area contributed by atoms with E-state index in [0.29, 0.717) is 32.2 Å². The molecule has 0 unspecified atom stereocenters. The minimum atomic E-state index is 0.0308. The highest BCUT2D eigenvalue weighted by molar-refractivity contribution is 14.1. The summed E-state index contributed by atoms with van der Waals surface area (Å²) in [7, 11) is 0. The summed E-state index contributed by atoms with van der Waals surface area (Å²) in [5, 5.41) is 3.15. The first-order valence-electron chi connectivity index (χ1n) is 8.74. The zero-order chi connectivity index (χ0) is 16.9. The molecule has 5 nitrogen and oxygen atoms in total. The van der Waals surface area contributed by atoms with Crippen LogP contribution in [0.2, 0.25) is 0 Å². The normalized spacial score (nSPS) is 19.2. The Bertz CT molecular complexity index is 576. The van der Waals surface area contributed by atoms with Crippen LogP contribution in [0.5, 0.6) is 0 Å². The molecular weight excluding hydrogens is 417 g/mol. The molecule has 0 aromatic heterocycles. The molecule has 24 heavy (non-hydrogen) atoms. The van der Waals surface area contributed by atoms with Crippen LogP contribution >= 0.6 is 22.6 Å². The first kappa shape index (κ1) is 17.5. The van der Waals surface area contributed by atoms with E-state index in [1.165, 1.54) is 19.3 Å². The average Bonchev–Trinajstić information content (AvgIpc) is 2.63. The van der Waals surface area contributed by atoms with Crippen LogP contribution < -0.4 is 5.32 Å². The lowest BCUT2D eigenvalue weighted by Crippen LogP contribution is -2.54. The molecule has 1 aliphatic heterocycles. The van der Waals surface area contributed by atoms with E-state index in [1.54, 1.807) is 0 Å². The maximum absolute atomic E-state index is 12.5. The number of nitrogens with zero attached hydrogens (tertiary/aromatic N) is 2. The van der Waals surface area contributed by atoms with Gasteiger partial charge in [0.25, 0.3) is 5.91 Å².